The zero-order valence-corrected chi connectivity index (χ0v) is 11.2. The molecule has 0 spiro atoms. The molecule has 100 valence electrons. The number of nitrogens with zero attached hydrogens (tertiary/aromatic N) is 2. The van der Waals surface area contributed by atoms with E-state index in [9.17, 15) is 0 Å². The van der Waals surface area contributed by atoms with Crippen LogP contribution in [0.3, 0.4) is 0 Å². The molecule has 0 radical (unpaired) electrons. The summed E-state index contributed by atoms with van der Waals surface area (Å²) in [6.45, 7) is 2.89. The van der Waals surface area contributed by atoms with E-state index in [4.69, 9.17) is 10.5 Å². The molecule has 1 aromatic carbocycles. The molecule has 4 heteroatoms. The maximum atomic E-state index is 6.04. The molecule has 2 N–H and O–H groups in total. The summed E-state index contributed by atoms with van der Waals surface area (Å²) in [5.74, 6) is 0.569. The van der Waals surface area contributed by atoms with Crippen LogP contribution in [-0.2, 0) is 4.74 Å². The van der Waals surface area contributed by atoms with Gasteiger partial charge in [-0.15, -0.1) is 0 Å². The average molecular weight is 257 g/mol. The molecule has 2 heterocycles. The third kappa shape index (κ3) is 2.49. The zero-order valence-electron chi connectivity index (χ0n) is 11.2. The van der Waals surface area contributed by atoms with Crippen molar-refractivity contribution >= 4 is 5.82 Å². The number of anilines is 1. The molecular weight excluding hydrogens is 238 g/mol. The molecule has 1 fully saturated rings. The van der Waals surface area contributed by atoms with Gasteiger partial charge in [0.05, 0.1) is 0 Å². The first-order chi connectivity index (χ1) is 9.24. The van der Waals surface area contributed by atoms with E-state index < -0.39 is 0 Å². The van der Waals surface area contributed by atoms with Crippen LogP contribution < -0.4 is 5.73 Å². The van der Waals surface area contributed by atoms with Gasteiger partial charge < -0.3 is 10.5 Å². The van der Waals surface area contributed by atoms with Crippen molar-refractivity contribution in [2.24, 2.45) is 0 Å². The zero-order chi connectivity index (χ0) is 13.2. The highest BCUT2D eigenvalue weighted by atomic mass is 16.5. The number of nitrogens with two attached hydrogens (primary N) is 1. The highest BCUT2D eigenvalue weighted by Crippen LogP contribution is 2.29. The molecule has 19 heavy (non-hydrogen) atoms. The van der Waals surface area contributed by atoms with Crippen molar-refractivity contribution in [1.29, 1.82) is 0 Å². The molecule has 1 saturated heterocycles. The van der Waals surface area contributed by atoms with Crippen LogP contribution >= 0.6 is 0 Å². The molecule has 1 aliphatic rings. The maximum Gasteiger partial charge on any atom is 0.153 e. The van der Waals surface area contributed by atoms with Crippen molar-refractivity contribution in [3.8, 4) is 11.1 Å². The van der Waals surface area contributed by atoms with Crippen molar-refractivity contribution < 1.29 is 4.74 Å². The highest BCUT2D eigenvalue weighted by Gasteiger charge is 2.18. The number of nitrogen functional groups attached to an aromatic ring is 1. The summed E-state index contributed by atoms with van der Waals surface area (Å²) in [5, 5.41) is 4.41. The topological polar surface area (TPSA) is 53.1 Å². The Balaban J connectivity index is 1.92. The molecule has 3 rings (SSSR count). The van der Waals surface area contributed by atoms with Crippen molar-refractivity contribution in [3.63, 3.8) is 0 Å². The van der Waals surface area contributed by atoms with Crippen LogP contribution in [0.4, 0.5) is 5.82 Å². The van der Waals surface area contributed by atoms with Gasteiger partial charge in [0.1, 0.15) is 6.23 Å². The van der Waals surface area contributed by atoms with Gasteiger partial charge in [0.2, 0.25) is 0 Å². The normalized spacial score (nSPS) is 19.5. The third-order valence-corrected chi connectivity index (χ3v) is 3.54. The quantitative estimate of drug-likeness (QED) is 0.899. The number of hydrogen-bond acceptors (Lipinski definition) is 3. The third-order valence-electron chi connectivity index (χ3n) is 3.54. The van der Waals surface area contributed by atoms with Crippen LogP contribution in [0.25, 0.3) is 11.1 Å². The van der Waals surface area contributed by atoms with E-state index in [1.807, 2.05) is 16.9 Å². The van der Waals surface area contributed by atoms with Gasteiger partial charge >= 0.3 is 0 Å². The molecule has 0 amide bonds. The first kappa shape index (κ1) is 12.2. The summed E-state index contributed by atoms with van der Waals surface area (Å²) in [6.07, 6.45) is 5.37. The van der Waals surface area contributed by atoms with E-state index in [1.54, 1.807) is 0 Å². The number of aromatic nitrogens is 2. The second-order valence-corrected chi connectivity index (χ2v) is 5.10. The van der Waals surface area contributed by atoms with Gasteiger partial charge in [-0.2, -0.15) is 5.10 Å². The lowest BCUT2D eigenvalue weighted by Gasteiger charge is -2.22. The largest absolute Gasteiger partial charge is 0.382 e. The van der Waals surface area contributed by atoms with Crippen LogP contribution in [-0.4, -0.2) is 16.4 Å². The van der Waals surface area contributed by atoms with Gasteiger partial charge in [0.25, 0.3) is 0 Å². The molecular formula is C15H19N3O. The summed E-state index contributed by atoms with van der Waals surface area (Å²) in [5.41, 5.74) is 9.36. The van der Waals surface area contributed by atoms with Crippen LogP contribution in [0.5, 0.6) is 0 Å². The molecule has 1 aliphatic heterocycles. The Kier molecular flexibility index (Phi) is 3.25. The van der Waals surface area contributed by atoms with E-state index in [1.165, 1.54) is 12.0 Å². The molecule has 4 nitrogen and oxygen atoms in total. The van der Waals surface area contributed by atoms with E-state index >= 15 is 0 Å². The Hall–Kier alpha value is -1.81. The minimum Gasteiger partial charge on any atom is -0.382 e. The van der Waals surface area contributed by atoms with Gasteiger partial charge in [-0.3, -0.25) is 0 Å². The lowest BCUT2D eigenvalue weighted by atomic mass is 10.1. The van der Waals surface area contributed by atoms with E-state index in [-0.39, 0.29) is 6.23 Å². The summed E-state index contributed by atoms with van der Waals surface area (Å²) in [4.78, 5) is 0. The van der Waals surface area contributed by atoms with Gasteiger partial charge in [-0.25, -0.2) is 4.68 Å². The minimum absolute atomic E-state index is 0.0367. The fraction of sp³-hybridized carbons (Fsp3) is 0.400. The Morgan fingerprint density at radius 3 is 3.00 bits per heavy atom. The molecule has 0 saturated carbocycles. The van der Waals surface area contributed by atoms with Crippen molar-refractivity contribution in [1.82, 2.24) is 9.78 Å². The summed E-state index contributed by atoms with van der Waals surface area (Å²) >= 11 is 0. The number of ether oxygens (including phenoxy) is 1. The molecule has 1 atom stereocenters. The average Bonchev–Trinajstić information content (AvgIpc) is 2.82. The molecule has 0 bridgehead atoms. The molecule has 2 aromatic rings. The van der Waals surface area contributed by atoms with Crippen LogP contribution in [0.15, 0.2) is 30.5 Å². The lowest BCUT2D eigenvalue weighted by Crippen LogP contribution is -2.18. The Morgan fingerprint density at radius 1 is 1.37 bits per heavy atom. The monoisotopic (exact) mass is 257 g/mol. The fourth-order valence-electron chi connectivity index (χ4n) is 2.52. The van der Waals surface area contributed by atoms with Crippen LogP contribution in [0.1, 0.15) is 31.1 Å². The van der Waals surface area contributed by atoms with E-state index in [0.29, 0.717) is 5.82 Å². The summed E-state index contributed by atoms with van der Waals surface area (Å²) in [7, 11) is 0. The SMILES string of the molecule is Cc1cccc(-c2cn(C3CCCCO3)nc2N)c1. The smallest absolute Gasteiger partial charge is 0.153 e. The van der Waals surface area contributed by atoms with Crippen molar-refractivity contribution in [3.05, 3.63) is 36.0 Å². The van der Waals surface area contributed by atoms with Gasteiger partial charge in [0.15, 0.2) is 5.82 Å². The van der Waals surface area contributed by atoms with Crippen molar-refractivity contribution in [2.45, 2.75) is 32.4 Å². The van der Waals surface area contributed by atoms with Gasteiger partial charge in [-0.1, -0.05) is 29.8 Å². The van der Waals surface area contributed by atoms with E-state index in [2.05, 4.69) is 30.2 Å². The number of rotatable bonds is 2. The van der Waals surface area contributed by atoms with E-state index in [0.717, 1.165) is 30.6 Å². The lowest BCUT2D eigenvalue weighted by molar-refractivity contribution is -0.0392. The van der Waals surface area contributed by atoms with Crippen molar-refractivity contribution in [2.75, 3.05) is 12.3 Å². The summed E-state index contributed by atoms with van der Waals surface area (Å²) in [6, 6.07) is 8.30. The molecule has 1 unspecified atom stereocenters. The summed E-state index contributed by atoms with van der Waals surface area (Å²) < 4.78 is 7.60. The maximum absolute atomic E-state index is 6.04. The number of aryl methyl sites for hydroxylation is 1. The Morgan fingerprint density at radius 2 is 2.26 bits per heavy atom. The first-order valence-corrected chi connectivity index (χ1v) is 6.77. The van der Waals surface area contributed by atoms with Gasteiger partial charge in [-0.05, 0) is 31.7 Å². The van der Waals surface area contributed by atoms with Gasteiger partial charge in [0, 0.05) is 18.4 Å². The molecule has 0 aliphatic carbocycles. The minimum atomic E-state index is 0.0367. The second kappa shape index (κ2) is 5.05. The second-order valence-electron chi connectivity index (χ2n) is 5.10. The fourth-order valence-corrected chi connectivity index (χ4v) is 2.52. The standard InChI is InChI=1S/C15H19N3O/c1-11-5-4-6-12(9-11)13-10-18(17-15(13)16)14-7-2-3-8-19-14/h4-6,9-10,14H,2-3,7-8H2,1H3,(H2,16,17). The molecule has 1 aromatic heterocycles. The predicted octanol–water partition coefficient (Wildman–Crippen LogP) is 3.14. The van der Waals surface area contributed by atoms with Crippen LogP contribution in [0.2, 0.25) is 0 Å². The Labute approximate surface area is 113 Å². The Bertz CT molecular complexity index is 571. The first-order valence-electron chi connectivity index (χ1n) is 6.77. The number of benzene rings is 1. The highest BCUT2D eigenvalue weighted by molar-refractivity contribution is 5.73. The van der Waals surface area contributed by atoms with Crippen LogP contribution in [0, 0.1) is 6.92 Å². The predicted molar refractivity (Wildman–Crippen MR) is 75.7 cm³/mol. The number of hydrogen-bond donors (Lipinski definition) is 1.